The van der Waals surface area contributed by atoms with E-state index in [-0.39, 0.29) is 0 Å². The summed E-state index contributed by atoms with van der Waals surface area (Å²) in [7, 11) is 0. The van der Waals surface area contributed by atoms with Crippen molar-refractivity contribution in [3.8, 4) is 6.07 Å². The molecule has 1 aliphatic heterocycles. The number of hydrogen-bond acceptors (Lipinski definition) is 6. The van der Waals surface area contributed by atoms with Crippen LogP contribution in [0.5, 0.6) is 0 Å². The standard InChI is InChI=1S/C19H23N5.C6H7N/c1-18(2)9-19(10-18)11-24(12-19)17-7-16(21-13-22-17)23-15-6-4-3-5-14(15)8-20;7-4-5-3-6(5)1-2-6/h3-8,13,20H,9-12H2,1-2H3,(H,21,22,23);5H,1-3H2. The van der Waals surface area contributed by atoms with Gasteiger partial charge in [-0.3, -0.25) is 0 Å². The minimum atomic E-state index is 0.465. The van der Waals surface area contributed by atoms with Gasteiger partial charge in [0.15, 0.2) is 0 Å². The molecule has 31 heavy (non-hydrogen) atoms. The van der Waals surface area contributed by atoms with Gasteiger partial charge in [-0.25, -0.2) is 9.97 Å². The van der Waals surface area contributed by atoms with Gasteiger partial charge < -0.3 is 15.6 Å². The van der Waals surface area contributed by atoms with Crippen LogP contribution in [0.1, 0.15) is 51.5 Å². The molecule has 3 saturated carbocycles. The number of hydrogen-bond donors (Lipinski definition) is 2. The Morgan fingerprint density at radius 2 is 1.94 bits per heavy atom. The maximum absolute atomic E-state index is 8.33. The van der Waals surface area contributed by atoms with Crippen LogP contribution in [-0.2, 0) is 0 Å². The van der Waals surface area contributed by atoms with Gasteiger partial charge in [0.25, 0.3) is 0 Å². The molecule has 4 aliphatic rings. The normalized spacial score (nSPS) is 24.7. The van der Waals surface area contributed by atoms with Crippen molar-refractivity contribution >= 4 is 23.5 Å². The van der Waals surface area contributed by atoms with Crippen molar-refractivity contribution in [2.45, 2.75) is 46.0 Å². The van der Waals surface area contributed by atoms with Crippen LogP contribution in [0.15, 0.2) is 36.7 Å². The number of rotatable bonds is 4. The van der Waals surface area contributed by atoms with Crippen LogP contribution >= 0.6 is 0 Å². The summed E-state index contributed by atoms with van der Waals surface area (Å²) >= 11 is 0. The van der Waals surface area contributed by atoms with Crippen molar-refractivity contribution in [3.63, 3.8) is 0 Å². The fourth-order valence-corrected chi connectivity index (χ4v) is 5.83. The third-order valence-electron chi connectivity index (χ3n) is 7.35. The lowest BCUT2D eigenvalue weighted by atomic mass is 9.51. The fourth-order valence-electron chi connectivity index (χ4n) is 5.83. The van der Waals surface area contributed by atoms with E-state index in [4.69, 9.17) is 10.7 Å². The van der Waals surface area contributed by atoms with E-state index in [1.807, 2.05) is 30.3 Å². The molecule has 6 nitrogen and oxygen atoms in total. The first kappa shape index (κ1) is 20.0. The Hall–Kier alpha value is -2.94. The third kappa shape index (κ3) is 3.89. The molecule has 2 heterocycles. The topological polar surface area (TPSA) is 88.7 Å². The van der Waals surface area contributed by atoms with Crippen LogP contribution in [0.2, 0.25) is 0 Å². The number of benzene rings is 1. The Bertz CT molecular complexity index is 1030. The Labute approximate surface area is 184 Å². The van der Waals surface area contributed by atoms with Gasteiger partial charge in [0, 0.05) is 42.0 Å². The van der Waals surface area contributed by atoms with Crippen molar-refractivity contribution in [1.82, 2.24) is 9.97 Å². The summed E-state index contributed by atoms with van der Waals surface area (Å²) < 4.78 is 0. The zero-order valence-corrected chi connectivity index (χ0v) is 18.4. The predicted molar refractivity (Wildman–Crippen MR) is 123 cm³/mol. The smallest absolute Gasteiger partial charge is 0.135 e. The third-order valence-corrected chi connectivity index (χ3v) is 7.35. The van der Waals surface area contributed by atoms with Crippen LogP contribution in [0.3, 0.4) is 0 Å². The highest BCUT2D eigenvalue weighted by molar-refractivity contribution is 5.87. The molecule has 2 N–H and O–H groups in total. The first-order valence-electron chi connectivity index (χ1n) is 11.2. The van der Waals surface area contributed by atoms with Crippen molar-refractivity contribution in [2.24, 2.45) is 22.2 Å². The Morgan fingerprint density at radius 1 is 1.19 bits per heavy atom. The molecule has 2 spiro atoms. The fraction of sp³-hybridized carbons (Fsp3) is 0.520. The van der Waals surface area contributed by atoms with Gasteiger partial charge in [-0.05, 0) is 49.0 Å². The predicted octanol–water partition coefficient (Wildman–Crippen LogP) is 5.15. The van der Waals surface area contributed by atoms with Gasteiger partial charge in [0.1, 0.15) is 18.0 Å². The molecule has 1 atom stereocenters. The molecule has 6 heteroatoms. The highest BCUT2D eigenvalue weighted by Crippen LogP contribution is 2.70. The van der Waals surface area contributed by atoms with Gasteiger partial charge in [-0.15, -0.1) is 0 Å². The first-order chi connectivity index (χ1) is 14.9. The van der Waals surface area contributed by atoms with E-state index in [2.05, 4.69) is 40.1 Å². The van der Waals surface area contributed by atoms with Gasteiger partial charge in [0.05, 0.1) is 12.0 Å². The highest BCUT2D eigenvalue weighted by Gasteiger charge is 2.63. The highest BCUT2D eigenvalue weighted by atomic mass is 15.3. The molecule has 3 aliphatic carbocycles. The average Bonchev–Trinajstić information content (AvgIpc) is 3.64. The molecular weight excluding hydrogens is 384 g/mol. The number of nitriles is 1. The molecule has 0 radical (unpaired) electrons. The molecule has 160 valence electrons. The number of aromatic nitrogens is 2. The largest absolute Gasteiger partial charge is 0.355 e. The quantitative estimate of drug-likeness (QED) is 0.675. The number of nitrogens with zero attached hydrogens (tertiary/aromatic N) is 4. The summed E-state index contributed by atoms with van der Waals surface area (Å²) in [6, 6.07) is 12.0. The van der Waals surface area contributed by atoms with Crippen molar-refractivity contribution in [1.29, 1.82) is 10.7 Å². The van der Waals surface area contributed by atoms with Crippen LogP contribution in [0, 0.1) is 38.9 Å². The van der Waals surface area contributed by atoms with E-state index < -0.39 is 0 Å². The summed E-state index contributed by atoms with van der Waals surface area (Å²) in [5.74, 6) is 2.21. The van der Waals surface area contributed by atoms with Gasteiger partial charge in [-0.2, -0.15) is 5.26 Å². The van der Waals surface area contributed by atoms with Crippen LogP contribution in [-0.4, -0.2) is 29.3 Å². The van der Waals surface area contributed by atoms with E-state index in [1.165, 1.54) is 38.3 Å². The molecule has 1 aromatic heterocycles. The van der Waals surface area contributed by atoms with Gasteiger partial charge in [0.2, 0.25) is 0 Å². The molecule has 0 bridgehead atoms. The van der Waals surface area contributed by atoms with Crippen molar-refractivity contribution in [2.75, 3.05) is 23.3 Å². The molecule has 6 rings (SSSR count). The van der Waals surface area contributed by atoms with Crippen LogP contribution in [0.4, 0.5) is 17.3 Å². The summed E-state index contributed by atoms with van der Waals surface area (Å²) in [6.07, 6.45) is 9.49. The average molecular weight is 415 g/mol. The monoisotopic (exact) mass is 414 g/mol. The van der Waals surface area contributed by atoms with Gasteiger partial charge >= 0.3 is 0 Å². The number of anilines is 3. The summed E-state index contributed by atoms with van der Waals surface area (Å²) in [5, 5.41) is 19.1. The van der Waals surface area contributed by atoms with E-state index in [0.29, 0.717) is 22.2 Å². The molecule has 2 aromatic rings. The maximum Gasteiger partial charge on any atom is 0.135 e. The molecule has 1 unspecified atom stereocenters. The SMILES string of the molecule is CC1(C)CC2(CN(c3cc(Nc4ccccc4C=N)ncn3)C2)C1.N#CC1CC12CC2. The Morgan fingerprint density at radius 3 is 2.52 bits per heavy atom. The Balaban J connectivity index is 0.000000244. The molecule has 4 fully saturated rings. The first-order valence-corrected chi connectivity index (χ1v) is 11.2. The summed E-state index contributed by atoms with van der Waals surface area (Å²) in [5.41, 5.74) is 3.38. The summed E-state index contributed by atoms with van der Waals surface area (Å²) in [6.45, 7) is 6.91. The van der Waals surface area contributed by atoms with E-state index in [1.54, 1.807) is 6.33 Å². The molecular formula is C25H30N6. The van der Waals surface area contributed by atoms with Gasteiger partial charge in [-0.1, -0.05) is 32.0 Å². The van der Waals surface area contributed by atoms with E-state index in [9.17, 15) is 0 Å². The van der Waals surface area contributed by atoms with Crippen molar-refractivity contribution < 1.29 is 0 Å². The zero-order chi connectivity index (χ0) is 21.7. The maximum atomic E-state index is 8.33. The van der Waals surface area contributed by atoms with E-state index >= 15 is 0 Å². The second kappa shape index (κ2) is 7.05. The van der Waals surface area contributed by atoms with E-state index in [0.717, 1.165) is 36.0 Å². The second-order valence-corrected chi connectivity index (χ2v) is 10.7. The second-order valence-electron chi connectivity index (χ2n) is 10.7. The Kier molecular flexibility index (Phi) is 4.55. The zero-order valence-electron chi connectivity index (χ0n) is 18.4. The lowest BCUT2D eigenvalue weighted by Crippen LogP contribution is -2.64. The number of nitrogens with one attached hydrogen (secondary N) is 2. The lowest BCUT2D eigenvalue weighted by molar-refractivity contribution is -0.0361. The lowest BCUT2D eigenvalue weighted by Gasteiger charge is -2.63. The molecule has 1 saturated heterocycles. The van der Waals surface area contributed by atoms with Crippen LogP contribution < -0.4 is 10.2 Å². The molecule has 1 aromatic carbocycles. The molecule has 0 amide bonds. The van der Waals surface area contributed by atoms with Crippen LogP contribution in [0.25, 0.3) is 0 Å². The minimum absolute atomic E-state index is 0.465. The van der Waals surface area contributed by atoms with Crippen molar-refractivity contribution in [3.05, 3.63) is 42.2 Å². The number of para-hydroxylation sites is 1. The summed E-state index contributed by atoms with van der Waals surface area (Å²) in [4.78, 5) is 11.1. The minimum Gasteiger partial charge on any atom is -0.355 e.